The molecule has 0 aromatic carbocycles. The van der Waals surface area contributed by atoms with Gasteiger partial charge in [-0.05, 0) is 56.7 Å². The maximum absolute atomic E-state index is 3.64. The molecule has 2 aliphatic rings. The van der Waals surface area contributed by atoms with Crippen molar-refractivity contribution >= 4 is 68.0 Å². The van der Waals surface area contributed by atoms with E-state index in [0.29, 0.717) is 6.04 Å². The van der Waals surface area contributed by atoms with Crippen LogP contribution < -0.4 is 5.32 Å². The summed E-state index contributed by atoms with van der Waals surface area (Å²) < 4.78 is 2.44. The van der Waals surface area contributed by atoms with Crippen LogP contribution in [0.1, 0.15) is 30.2 Å². The monoisotopic (exact) mass is 464 g/mol. The maximum atomic E-state index is 3.64. The Balaban J connectivity index is 0.000001000. The van der Waals surface area contributed by atoms with Gasteiger partial charge in [0, 0.05) is 41.6 Å². The van der Waals surface area contributed by atoms with Crippen molar-refractivity contribution < 1.29 is 0 Å². The molecule has 2 fully saturated rings. The lowest BCUT2D eigenvalue weighted by Gasteiger charge is -2.42. The van der Waals surface area contributed by atoms with Crippen LogP contribution >= 0.6 is 68.0 Å². The number of hydrogen-bond donors (Lipinski definition) is 1. The zero-order valence-corrected chi connectivity index (χ0v) is 16.7. The van der Waals surface area contributed by atoms with Gasteiger partial charge in [0.2, 0.25) is 0 Å². The molecule has 0 unspecified atom stereocenters. The first kappa shape index (κ1) is 19.2. The van der Waals surface area contributed by atoms with E-state index in [1.165, 1.54) is 45.5 Å². The quantitative estimate of drug-likeness (QED) is 0.684. The van der Waals surface area contributed by atoms with Crippen LogP contribution in [0.4, 0.5) is 0 Å². The number of nitrogens with zero attached hydrogens (tertiary/aromatic N) is 1. The predicted molar refractivity (Wildman–Crippen MR) is 98.7 cm³/mol. The molecule has 2 nitrogen and oxygen atoms in total. The van der Waals surface area contributed by atoms with E-state index in [-0.39, 0.29) is 24.8 Å². The van der Waals surface area contributed by atoms with E-state index in [1.807, 2.05) is 11.3 Å². The summed E-state index contributed by atoms with van der Waals surface area (Å²) in [4.78, 5) is 4.21. The van der Waals surface area contributed by atoms with Gasteiger partial charge in [-0.2, -0.15) is 0 Å². The number of thiophene rings is 1. The summed E-state index contributed by atoms with van der Waals surface area (Å²) in [5.41, 5.74) is 0. The fourth-order valence-corrected chi connectivity index (χ4v) is 5.25. The number of hydrogen-bond acceptors (Lipinski definition) is 3. The van der Waals surface area contributed by atoms with Gasteiger partial charge in [0.05, 0.1) is 3.79 Å². The van der Waals surface area contributed by atoms with E-state index in [1.54, 1.807) is 0 Å². The predicted octanol–water partition coefficient (Wildman–Crippen LogP) is 4.86. The van der Waals surface area contributed by atoms with Gasteiger partial charge in [-0.15, -0.1) is 36.2 Å². The Morgan fingerprint density at radius 1 is 1.20 bits per heavy atom. The van der Waals surface area contributed by atoms with E-state index in [2.05, 4.69) is 48.1 Å². The first-order valence-corrected chi connectivity index (χ1v) is 9.05. The average Bonchev–Trinajstić information content (AvgIpc) is 2.65. The first-order valence-electron chi connectivity index (χ1n) is 6.65. The Kier molecular flexibility index (Phi) is 8.36. The Morgan fingerprint density at radius 3 is 2.30 bits per heavy atom. The van der Waals surface area contributed by atoms with Gasteiger partial charge in [0.15, 0.2) is 0 Å². The molecule has 1 saturated heterocycles. The van der Waals surface area contributed by atoms with E-state index >= 15 is 0 Å². The molecular weight excluding hydrogens is 447 g/mol. The second-order valence-corrected chi connectivity index (χ2v) is 8.45. The van der Waals surface area contributed by atoms with Crippen LogP contribution in [0.25, 0.3) is 0 Å². The summed E-state index contributed by atoms with van der Waals surface area (Å²) in [7, 11) is 0. The molecule has 1 aromatic rings. The van der Waals surface area contributed by atoms with E-state index in [0.717, 1.165) is 19.0 Å². The van der Waals surface area contributed by atoms with Gasteiger partial charge in [-0.1, -0.05) is 6.42 Å². The SMILES string of the molecule is Brc1cc([C@H](C2CCC2)N2CCNCC2)sc1Br.Cl.Cl. The van der Waals surface area contributed by atoms with Crippen molar-refractivity contribution in [1.82, 2.24) is 10.2 Å². The molecule has 0 radical (unpaired) electrons. The normalized spacial score (nSPS) is 21.5. The van der Waals surface area contributed by atoms with Gasteiger partial charge >= 0.3 is 0 Å². The van der Waals surface area contributed by atoms with E-state index < -0.39 is 0 Å². The smallest absolute Gasteiger partial charge is 0.0843 e. The molecule has 116 valence electrons. The largest absolute Gasteiger partial charge is 0.314 e. The first-order chi connectivity index (χ1) is 8.75. The number of piperazine rings is 1. The average molecular weight is 467 g/mol. The molecule has 1 saturated carbocycles. The second kappa shape index (κ2) is 8.70. The third-order valence-corrected chi connectivity index (χ3v) is 7.42. The van der Waals surface area contributed by atoms with Gasteiger partial charge in [0.25, 0.3) is 0 Å². The molecule has 3 rings (SSSR count). The Bertz CT molecular complexity index is 401. The third-order valence-electron chi connectivity index (χ3n) is 4.10. The highest BCUT2D eigenvalue weighted by Crippen LogP contribution is 2.46. The summed E-state index contributed by atoms with van der Waals surface area (Å²) in [5, 5.41) is 3.46. The minimum atomic E-state index is 0. The van der Waals surface area contributed by atoms with Crippen LogP contribution in [0.5, 0.6) is 0 Å². The van der Waals surface area contributed by atoms with Crippen LogP contribution in [0.2, 0.25) is 0 Å². The zero-order chi connectivity index (χ0) is 12.5. The van der Waals surface area contributed by atoms with Crippen LogP contribution in [-0.2, 0) is 0 Å². The highest BCUT2D eigenvalue weighted by molar-refractivity contribution is 9.13. The maximum Gasteiger partial charge on any atom is 0.0843 e. The minimum absolute atomic E-state index is 0. The summed E-state index contributed by atoms with van der Waals surface area (Å²) in [6, 6.07) is 2.97. The van der Waals surface area contributed by atoms with Gasteiger partial charge in [-0.3, -0.25) is 4.90 Å². The molecule has 1 atom stereocenters. The standard InChI is InChI=1S/C13H18Br2N2S.2ClH/c14-10-8-11(18-13(10)15)12(9-2-1-3-9)17-6-4-16-5-7-17;;/h8-9,12,16H,1-7H2;2*1H/t12-;;/m0../s1. The van der Waals surface area contributed by atoms with Crippen LogP contribution in [0, 0.1) is 5.92 Å². The summed E-state index contributed by atoms with van der Waals surface area (Å²) in [6.45, 7) is 4.65. The van der Waals surface area contributed by atoms with Gasteiger partial charge in [0.1, 0.15) is 0 Å². The van der Waals surface area contributed by atoms with E-state index in [9.17, 15) is 0 Å². The Hall–Kier alpha value is 1.16. The molecule has 7 heteroatoms. The zero-order valence-electron chi connectivity index (χ0n) is 11.1. The van der Waals surface area contributed by atoms with Crippen molar-refractivity contribution in [3.63, 3.8) is 0 Å². The minimum Gasteiger partial charge on any atom is -0.314 e. The molecule has 1 N–H and O–H groups in total. The van der Waals surface area contributed by atoms with Crippen molar-refractivity contribution in [2.75, 3.05) is 26.2 Å². The topological polar surface area (TPSA) is 15.3 Å². The van der Waals surface area contributed by atoms with E-state index in [4.69, 9.17) is 0 Å². The molecule has 0 spiro atoms. The van der Waals surface area contributed by atoms with Crippen LogP contribution in [-0.4, -0.2) is 31.1 Å². The molecule has 0 bridgehead atoms. The van der Waals surface area contributed by atoms with Crippen molar-refractivity contribution in [1.29, 1.82) is 0 Å². The van der Waals surface area contributed by atoms with Gasteiger partial charge < -0.3 is 5.32 Å². The summed E-state index contributed by atoms with van der Waals surface area (Å²) in [5.74, 6) is 0.876. The number of halogens is 4. The molecule has 1 aromatic heterocycles. The van der Waals surface area contributed by atoms with Crippen molar-refractivity contribution in [3.05, 3.63) is 19.2 Å². The molecule has 1 aliphatic heterocycles. The van der Waals surface area contributed by atoms with Crippen LogP contribution in [0.3, 0.4) is 0 Å². The fourth-order valence-electron chi connectivity index (χ4n) is 2.94. The fraction of sp³-hybridized carbons (Fsp3) is 0.692. The molecule has 1 aliphatic carbocycles. The number of nitrogens with one attached hydrogen (secondary N) is 1. The summed E-state index contributed by atoms with van der Waals surface area (Å²) >= 11 is 9.17. The molecular formula is C13H20Br2Cl2N2S. The third kappa shape index (κ3) is 4.12. The lowest BCUT2D eigenvalue weighted by atomic mass is 9.78. The van der Waals surface area contributed by atoms with Crippen LogP contribution in [0.15, 0.2) is 14.3 Å². The second-order valence-electron chi connectivity index (χ2n) is 5.19. The lowest BCUT2D eigenvalue weighted by Crippen LogP contribution is -2.47. The molecule has 2 heterocycles. The Morgan fingerprint density at radius 2 is 1.85 bits per heavy atom. The van der Waals surface area contributed by atoms with Crippen molar-refractivity contribution in [3.8, 4) is 0 Å². The lowest BCUT2D eigenvalue weighted by molar-refractivity contribution is 0.0860. The Labute approximate surface area is 154 Å². The highest BCUT2D eigenvalue weighted by atomic mass is 79.9. The van der Waals surface area contributed by atoms with Gasteiger partial charge in [-0.25, -0.2) is 0 Å². The summed E-state index contributed by atoms with van der Waals surface area (Å²) in [6.07, 6.45) is 4.23. The molecule has 0 amide bonds. The molecule has 20 heavy (non-hydrogen) atoms. The highest BCUT2D eigenvalue weighted by Gasteiger charge is 2.34. The van der Waals surface area contributed by atoms with Crippen molar-refractivity contribution in [2.24, 2.45) is 5.92 Å². The van der Waals surface area contributed by atoms with Crippen molar-refractivity contribution in [2.45, 2.75) is 25.3 Å². The number of rotatable bonds is 3.